The van der Waals surface area contributed by atoms with Gasteiger partial charge in [0.05, 0.1) is 18.7 Å². The van der Waals surface area contributed by atoms with E-state index in [4.69, 9.17) is 13.9 Å². The molecule has 1 atom stereocenters. The summed E-state index contributed by atoms with van der Waals surface area (Å²) in [6.45, 7) is 2.79. The number of hydrogen-bond acceptors (Lipinski definition) is 4. The van der Waals surface area contributed by atoms with E-state index in [1.807, 2.05) is 30.3 Å². The van der Waals surface area contributed by atoms with E-state index < -0.39 is 17.7 Å². The molecular formula is C23H21F2NO4. The second-order valence-corrected chi connectivity index (χ2v) is 7.08. The first kappa shape index (κ1) is 20.1. The van der Waals surface area contributed by atoms with Crippen LogP contribution in [0.5, 0.6) is 5.75 Å². The van der Waals surface area contributed by atoms with E-state index in [0.29, 0.717) is 30.2 Å². The van der Waals surface area contributed by atoms with Crippen LogP contribution >= 0.6 is 0 Å². The normalized spacial score (nSPS) is 16.5. The first-order chi connectivity index (χ1) is 14.5. The molecule has 7 heteroatoms. The molecule has 1 aliphatic rings. The van der Waals surface area contributed by atoms with E-state index in [-0.39, 0.29) is 24.8 Å². The van der Waals surface area contributed by atoms with Crippen molar-refractivity contribution in [2.45, 2.75) is 13.0 Å². The number of ether oxygens (including phenoxy) is 2. The van der Waals surface area contributed by atoms with E-state index in [1.165, 1.54) is 0 Å². The zero-order chi connectivity index (χ0) is 21.1. The molecule has 0 spiro atoms. The van der Waals surface area contributed by atoms with Gasteiger partial charge in [0, 0.05) is 18.2 Å². The Morgan fingerprint density at radius 1 is 1.17 bits per heavy atom. The number of carbonyl (C=O) groups excluding carboxylic acids is 1. The molecule has 2 aromatic carbocycles. The zero-order valence-corrected chi connectivity index (χ0v) is 16.4. The average molecular weight is 413 g/mol. The maximum atomic E-state index is 13.7. The molecule has 5 nitrogen and oxygen atoms in total. The van der Waals surface area contributed by atoms with Crippen molar-refractivity contribution in [3.8, 4) is 17.1 Å². The van der Waals surface area contributed by atoms with Crippen LogP contribution in [0.15, 0.2) is 59.0 Å². The Morgan fingerprint density at radius 3 is 2.77 bits per heavy atom. The number of halogens is 2. The van der Waals surface area contributed by atoms with Crippen LogP contribution < -0.4 is 4.74 Å². The molecule has 1 unspecified atom stereocenters. The fourth-order valence-corrected chi connectivity index (χ4v) is 3.38. The lowest BCUT2D eigenvalue weighted by Gasteiger charge is -2.32. The minimum absolute atomic E-state index is 0.00376. The largest absolute Gasteiger partial charge is 0.488 e. The number of furan rings is 1. The van der Waals surface area contributed by atoms with Crippen LogP contribution in [-0.2, 0) is 4.74 Å². The molecule has 0 bridgehead atoms. The summed E-state index contributed by atoms with van der Waals surface area (Å²) in [5, 5.41) is 0. The van der Waals surface area contributed by atoms with Gasteiger partial charge in [0.1, 0.15) is 30.0 Å². The van der Waals surface area contributed by atoms with Crippen molar-refractivity contribution in [2.75, 3.05) is 26.3 Å². The summed E-state index contributed by atoms with van der Waals surface area (Å²) >= 11 is 0. The highest BCUT2D eigenvalue weighted by molar-refractivity contribution is 5.96. The molecule has 1 aromatic heterocycles. The van der Waals surface area contributed by atoms with Gasteiger partial charge >= 0.3 is 0 Å². The van der Waals surface area contributed by atoms with E-state index in [9.17, 15) is 13.6 Å². The first-order valence-electron chi connectivity index (χ1n) is 9.66. The average Bonchev–Trinajstić information content (AvgIpc) is 3.16. The predicted molar refractivity (Wildman–Crippen MR) is 106 cm³/mol. The number of carbonyl (C=O) groups is 1. The molecule has 30 heavy (non-hydrogen) atoms. The standard InChI is InChI=1S/C23H21F2NO4/c1-15-19(12-21(30-15)16-5-3-2-4-6-16)23(27)26-9-10-28-18(13-26)14-29-22-11-17(24)7-8-20(22)25/h2-8,11-12,18H,9-10,13-14H2,1H3. The van der Waals surface area contributed by atoms with E-state index >= 15 is 0 Å². The van der Waals surface area contributed by atoms with Crippen molar-refractivity contribution in [3.63, 3.8) is 0 Å². The number of morpholine rings is 1. The Bertz CT molecular complexity index is 1030. The van der Waals surface area contributed by atoms with Crippen LogP contribution in [0.25, 0.3) is 11.3 Å². The van der Waals surface area contributed by atoms with Gasteiger partial charge in [0.25, 0.3) is 5.91 Å². The molecule has 0 saturated carbocycles. The number of rotatable bonds is 5. The van der Waals surface area contributed by atoms with Crippen molar-refractivity contribution in [1.29, 1.82) is 0 Å². The minimum atomic E-state index is -0.650. The molecule has 1 saturated heterocycles. The summed E-state index contributed by atoms with van der Waals surface area (Å²) in [5.41, 5.74) is 1.39. The number of amides is 1. The van der Waals surface area contributed by atoms with Crippen LogP contribution in [-0.4, -0.2) is 43.2 Å². The van der Waals surface area contributed by atoms with Crippen LogP contribution in [0.1, 0.15) is 16.1 Å². The predicted octanol–water partition coefficient (Wildman–Crippen LogP) is 4.45. The van der Waals surface area contributed by atoms with Crippen molar-refractivity contribution in [2.24, 2.45) is 0 Å². The van der Waals surface area contributed by atoms with E-state index in [1.54, 1.807) is 17.9 Å². The van der Waals surface area contributed by atoms with Crippen LogP contribution in [0.4, 0.5) is 8.78 Å². The Morgan fingerprint density at radius 2 is 1.97 bits per heavy atom. The van der Waals surface area contributed by atoms with Crippen molar-refractivity contribution >= 4 is 5.91 Å². The Balaban J connectivity index is 1.42. The number of aryl methyl sites for hydroxylation is 1. The van der Waals surface area contributed by atoms with E-state index in [0.717, 1.165) is 23.8 Å². The van der Waals surface area contributed by atoms with Crippen LogP contribution in [0, 0.1) is 18.6 Å². The fraction of sp³-hybridized carbons (Fsp3) is 0.261. The highest BCUT2D eigenvalue weighted by Crippen LogP contribution is 2.27. The van der Waals surface area contributed by atoms with Gasteiger partial charge in [-0.05, 0) is 25.1 Å². The van der Waals surface area contributed by atoms with Gasteiger partial charge < -0.3 is 18.8 Å². The third-order valence-corrected chi connectivity index (χ3v) is 4.95. The highest BCUT2D eigenvalue weighted by atomic mass is 19.1. The maximum Gasteiger partial charge on any atom is 0.257 e. The summed E-state index contributed by atoms with van der Waals surface area (Å²) in [7, 11) is 0. The molecule has 156 valence electrons. The molecule has 0 radical (unpaired) electrons. The molecule has 4 rings (SSSR count). The van der Waals surface area contributed by atoms with E-state index in [2.05, 4.69) is 0 Å². The van der Waals surface area contributed by atoms with Gasteiger partial charge in [0.15, 0.2) is 11.6 Å². The zero-order valence-electron chi connectivity index (χ0n) is 16.4. The van der Waals surface area contributed by atoms with Crippen LogP contribution in [0.3, 0.4) is 0 Å². The number of nitrogens with zero attached hydrogens (tertiary/aromatic N) is 1. The molecule has 0 aliphatic carbocycles. The van der Waals surface area contributed by atoms with Gasteiger partial charge in [0.2, 0.25) is 0 Å². The molecule has 1 aliphatic heterocycles. The quantitative estimate of drug-likeness (QED) is 0.620. The third kappa shape index (κ3) is 4.36. The minimum Gasteiger partial charge on any atom is -0.488 e. The molecule has 3 aromatic rings. The first-order valence-corrected chi connectivity index (χ1v) is 9.66. The van der Waals surface area contributed by atoms with Gasteiger partial charge in [-0.1, -0.05) is 30.3 Å². The smallest absolute Gasteiger partial charge is 0.257 e. The van der Waals surface area contributed by atoms with Crippen molar-refractivity contribution < 1.29 is 27.5 Å². The molecule has 1 fully saturated rings. The summed E-state index contributed by atoms with van der Waals surface area (Å²) in [4.78, 5) is 14.7. The lowest BCUT2D eigenvalue weighted by atomic mass is 10.1. The van der Waals surface area contributed by atoms with Crippen molar-refractivity contribution in [3.05, 3.63) is 77.6 Å². The summed E-state index contributed by atoms with van der Waals surface area (Å²) in [6.07, 6.45) is -0.453. The topological polar surface area (TPSA) is 51.9 Å². The summed E-state index contributed by atoms with van der Waals surface area (Å²) in [6, 6.07) is 14.3. The number of hydrogen-bond donors (Lipinski definition) is 0. The molecule has 1 amide bonds. The maximum absolute atomic E-state index is 13.7. The summed E-state index contributed by atoms with van der Waals surface area (Å²) < 4.78 is 43.8. The Hall–Kier alpha value is -3.19. The second-order valence-electron chi connectivity index (χ2n) is 7.08. The highest BCUT2D eigenvalue weighted by Gasteiger charge is 2.28. The lowest BCUT2D eigenvalue weighted by Crippen LogP contribution is -2.47. The fourth-order valence-electron chi connectivity index (χ4n) is 3.38. The van der Waals surface area contributed by atoms with Gasteiger partial charge in [-0.25, -0.2) is 8.78 Å². The lowest BCUT2D eigenvalue weighted by molar-refractivity contribution is -0.0406. The van der Waals surface area contributed by atoms with Crippen LogP contribution in [0.2, 0.25) is 0 Å². The summed E-state index contributed by atoms with van der Waals surface area (Å²) in [5.74, 6) is -0.407. The monoisotopic (exact) mass is 413 g/mol. The van der Waals surface area contributed by atoms with Gasteiger partial charge in [-0.3, -0.25) is 4.79 Å². The third-order valence-electron chi connectivity index (χ3n) is 4.95. The Kier molecular flexibility index (Phi) is 5.81. The van der Waals surface area contributed by atoms with Gasteiger partial charge in [-0.2, -0.15) is 0 Å². The van der Waals surface area contributed by atoms with Gasteiger partial charge in [-0.15, -0.1) is 0 Å². The SMILES string of the molecule is Cc1oc(-c2ccccc2)cc1C(=O)N1CCOC(COc2cc(F)ccc2F)C1. The molecule has 0 N–H and O–H groups in total. The van der Waals surface area contributed by atoms with Crippen molar-refractivity contribution in [1.82, 2.24) is 4.90 Å². The number of benzene rings is 2. The second kappa shape index (κ2) is 8.67. The molecule has 2 heterocycles. The Labute approximate surface area is 172 Å². The molecular weight excluding hydrogens is 392 g/mol.